The van der Waals surface area contributed by atoms with Crippen LogP contribution in [-0.2, 0) is 28.9 Å². The van der Waals surface area contributed by atoms with Gasteiger partial charge in [0.05, 0.1) is 31.5 Å². The molecule has 210 valence electrons. The fraction of sp³-hybridized carbons (Fsp3) is 0.500. The van der Waals surface area contributed by atoms with Crippen molar-refractivity contribution in [3.05, 3.63) is 41.6 Å². The number of hydrogen-bond acceptors (Lipinski definition) is 8. The van der Waals surface area contributed by atoms with E-state index >= 15 is 0 Å². The van der Waals surface area contributed by atoms with Gasteiger partial charge < -0.3 is 24.3 Å². The van der Waals surface area contributed by atoms with Crippen LogP contribution in [0.2, 0.25) is 25.7 Å². The van der Waals surface area contributed by atoms with Gasteiger partial charge in [0, 0.05) is 27.8 Å². The normalized spacial score (nSPS) is 15.0. The predicted octanol–water partition coefficient (Wildman–Crippen LogP) is 4.39. The molecule has 1 aliphatic heterocycles. The molecule has 3 aromatic heterocycles. The molecule has 0 atom stereocenters. The zero-order chi connectivity index (χ0) is 27.8. The third kappa shape index (κ3) is 5.99. The lowest BCUT2D eigenvalue weighted by molar-refractivity contribution is -0.136. The smallest absolute Gasteiger partial charge is 0.378 e. The number of nitrogens with zero attached hydrogens (tertiary/aromatic N) is 7. The summed E-state index contributed by atoms with van der Waals surface area (Å²) in [4.78, 5) is 14.9. The average molecular weight is 567 g/mol. The van der Waals surface area contributed by atoms with Crippen LogP contribution in [0.5, 0.6) is 0 Å². The van der Waals surface area contributed by atoms with Crippen molar-refractivity contribution in [3.63, 3.8) is 0 Å². The van der Waals surface area contributed by atoms with E-state index in [1.807, 2.05) is 0 Å². The van der Waals surface area contributed by atoms with Crippen LogP contribution in [0.15, 0.2) is 24.4 Å². The number of hydrogen-bond donors (Lipinski definition) is 1. The molecule has 0 bridgehead atoms. The van der Waals surface area contributed by atoms with Crippen molar-refractivity contribution in [2.24, 2.45) is 0 Å². The monoisotopic (exact) mass is 566 g/mol. The van der Waals surface area contributed by atoms with Crippen molar-refractivity contribution in [2.45, 2.75) is 45.1 Å². The molecule has 0 aliphatic carbocycles. The van der Waals surface area contributed by atoms with Gasteiger partial charge in [0.1, 0.15) is 23.6 Å². The van der Waals surface area contributed by atoms with Crippen molar-refractivity contribution >= 4 is 36.7 Å². The molecule has 1 saturated heterocycles. The van der Waals surface area contributed by atoms with Crippen molar-refractivity contribution in [2.75, 3.05) is 43.1 Å². The Morgan fingerprint density at radius 3 is 2.59 bits per heavy atom. The Labute approximate surface area is 223 Å². The van der Waals surface area contributed by atoms with Crippen LogP contribution < -0.4 is 10.2 Å². The Morgan fingerprint density at radius 2 is 1.87 bits per heavy atom. The highest BCUT2D eigenvalue weighted by atomic mass is 28.3. The van der Waals surface area contributed by atoms with Gasteiger partial charge in [-0.15, -0.1) is 0 Å². The van der Waals surface area contributed by atoms with E-state index in [2.05, 4.69) is 45.0 Å². The first-order chi connectivity index (χ1) is 18.5. The molecule has 5 rings (SSSR count). The van der Waals surface area contributed by atoms with Gasteiger partial charge >= 0.3 is 6.18 Å². The number of anilines is 2. The van der Waals surface area contributed by atoms with E-state index in [0.717, 1.165) is 16.8 Å². The van der Waals surface area contributed by atoms with Gasteiger partial charge in [0.15, 0.2) is 11.5 Å². The second kappa shape index (κ2) is 10.7. The van der Waals surface area contributed by atoms with E-state index in [9.17, 15) is 17.6 Å². The standard InChI is InChI=1S/C24H30F4N8O2Si/c1-39(2,3)12-11-38-15-35-18-6-4-5-17(25)20(18)31-19(35)14-29-22-33-23(34-7-9-37-10-8-34)32-21-16(24(26,27)28)13-30-36(21)22/h4-6,13H,7-12,14-15H2,1-3H3,(H,29,32,33). The Balaban J connectivity index is 1.47. The minimum atomic E-state index is -4.64. The molecule has 10 nitrogen and oxygen atoms in total. The number of rotatable bonds is 9. The van der Waals surface area contributed by atoms with E-state index in [-0.39, 0.29) is 36.3 Å². The molecule has 0 amide bonds. The number of nitrogens with one attached hydrogen (secondary N) is 1. The van der Waals surface area contributed by atoms with E-state index in [1.165, 1.54) is 6.07 Å². The van der Waals surface area contributed by atoms with Gasteiger partial charge in [-0.3, -0.25) is 0 Å². The summed E-state index contributed by atoms with van der Waals surface area (Å²) < 4.78 is 69.8. The molecule has 15 heteroatoms. The minimum Gasteiger partial charge on any atom is -0.378 e. The highest BCUT2D eigenvalue weighted by Crippen LogP contribution is 2.33. The third-order valence-electron chi connectivity index (χ3n) is 6.39. The number of aromatic nitrogens is 6. The molecule has 1 fully saturated rings. The van der Waals surface area contributed by atoms with E-state index in [1.54, 1.807) is 21.6 Å². The third-order valence-corrected chi connectivity index (χ3v) is 8.09. The first kappa shape index (κ1) is 27.3. The molecule has 4 heterocycles. The van der Waals surface area contributed by atoms with E-state index < -0.39 is 25.6 Å². The Kier molecular flexibility index (Phi) is 7.48. The molecule has 0 radical (unpaired) electrons. The van der Waals surface area contributed by atoms with Crippen LogP contribution in [-0.4, -0.2) is 70.1 Å². The predicted molar refractivity (Wildman–Crippen MR) is 140 cm³/mol. The summed E-state index contributed by atoms with van der Waals surface area (Å²) in [6.07, 6.45) is -3.91. The SMILES string of the molecule is C[Si](C)(C)CCOCn1c(CNc2nc(N3CCOCC3)nc3c(C(F)(F)F)cnn23)nc2c(F)cccc21. The molecule has 1 N–H and O–H groups in total. The number of halogens is 4. The summed E-state index contributed by atoms with van der Waals surface area (Å²) >= 11 is 0. The topological polar surface area (TPSA) is 94.6 Å². The maximum atomic E-state index is 14.6. The highest BCUT2D eigenvalue weighted by Gasteiger charge is 2.36. The van der Waals surface area contributed by atoms with Crippen molar-refractivity contribution in [1.29, 1.82) is 0 Å². The van der Waals surface area contributed by atoms with Crippen LogP contribution >= 0.6 is 0 Å². The first-order valence-corrected chi connectivity index (χ1v) is 16.3. The maximum absolute atomic E-state index is 14.6. The zero-order valence-electron chi connectivity index (χ0n) is 21.9. The van der Waals surface area contributed by atoms with Gasteiger partial charge in [0.25, 0.3) is 0 Å². The summed E-state index contributed by atoms with van der Waals surface area (Å²) in [5.41, 5.74) is -0.591. The lowest BCUT2D eigenvalue weighted by Gasteiger charge is -2.27. The summed E-state index contributed by atoms with van der Waals surface area (Å²) in [6.45, 7) is 9.19. The Morgan fingerprint density at radius 1 is 1.10 bits per heavy atom. The molecule has 0 saturated carbocycles. The number of morpholine rings is 1. The lowest BCUT2D eigenvalue weighted by atomic mass is 10.3. The fourth-order valence-electron chi connectivity index (χ4n) is 4.22. The maximum Gasteiger partial charge on any atom is 0.421 e. The van der Waals surface area contributed by atoms with Crippen LogP contribution in [0.1, 0.15) is 11.4 Å². The number of ether oxygens (including phenoxy) is 2. The first-order valence-electron chi connectivity index (χ1n) is 12.6. The molecule has 0 unspecified atom stereocenters. The summed E-state index contributed by atoms with van der Waals surface area (Å²) in [5.74, 6) is 0.144. The molecular formula is C24H30F4N8O2Si. The minimum absolute atomic E-state index is 0.0291. The Bertz CT molecular complexity index is 1460. The molecule has 1 aromatic carbocycles. The van der Waals surface area contributed by atoms with Crippen molar-refractivity contribution in [1.82, 2.24) is 29.1 Å². The van der Waals surface area contributed by atoms with E-state index in [4.69, 9.17) is 9.47 Å². The van der Waals surface area contributed by atoms with Gasteiger partial charge in [-0.1, -0.05) is 25.7 Å². The van der Waals surface area contributed by atoms with Crippen LogP contribution in [0.4, 0.5) is 29.5 Å². The quantitative estimate of drug-likeness (QED) is 0.181. The highest BCUT2D eigenvalue weighted by molar-refractivity contribution is 6.76. The number of fused-ring (bicyclic) bond motifs is 2. The second-order valence-corrected chi connectivity index (χ2v) is 16.1. The van der Waals surface area contributed by atoms with Crippen molar-refractivity contribution < 1.29 is 27.0 Å². The van der Waals surface area contributed by atoms with Crippen LogP contribution in [0.25, 0.3) is 16.7 Å². The van der Waals surface area contributed by atoms with Crippen LogP contribution in [0, 0.1) is 5.82 Å². The molecule has 4 aromatic rings. The van der Waals surface area contributed by atoms with Gasteiger partial charge in [0.2, 0.25) is 11.9 Å². The lowest BCUT2D eigenvalue weighted by Crippen LogP contribution is -2.37. The van der Waals surface area contributed by atoms with Crippen LogP contribution in [0.3, 0.4) is 0 Å². The fourth-order valence-corrected chi connectivity index (χ4v) is 4.97. The van der Waals surface area contributed by atoms with Gasteiger partial charge in [-0.25, -0.2) is 9.37 Å². The van der Waals surface area contributed by atoms with Crippen molar-refractivity contribution in [3.8, 4) is 0 Å². The number of para-hydroxylation sites is 1. The number of alkyl halides is 3. The summed E-state index contributed by atoms with van der Waals surface area (Å²) in [7, 11) is -1.31. The zero-order valence-corrected chi connectivity index (χ0v) is 22.9. The molecule has 1 aliphatic rings. The largest absolute Gasteiger partial charge is 0.421 e. The van der Waals surface area contributed by atoms with Gasteiger partial charge in [-0.2, -0.15) is 32.8 Å². The second-order valence-electron chi connectivity index (χ2n) is 10.5. The molecule has 39 heavy (non-hydrogen) atoms. The summed E-state index contributed by atoms with van der Waals surface area (Å²) in [6, 6.07) is 5.64. The average Bonchev–Trinajstić information content (AvgIpc) is 3.47. The van der Waals surface area contributed by atoms with Gasteiger partial charge in [-0.05, 0) is 18.2 Å². The Hall–Kier alpha value is -3.30. The summed E-state index contributed by atoms with van der Waals surface area (Å²) in [5, 5.41) is 6.96. The molecule has 0 spiro atoms. The molecular weight excluding hydrogens is 536 g/mol. The number of imidazole rings is 1. The number of benzene rings is 1. The van der Waals surface area contributed by atoms with E-state index in [0.29, 0.717) is 44.3 Å².